The number of rotatable bonds is 3. The first kappa shape index (κ1) is 12.2. The molecule has 1 aromatic carbocycles. The van der Waals surface area contributed by atoms with Crippen molar-refractivity contribution in [2.24, 2.45) is 4.99 Å². The smallest absolute Gasteiger partial charge is 0.191 e. The lowest BCUT2D eigenvalue weighted by Crippen LogP contribution is -2.37. The molecule has 0 saturated carbocycles. The number of hydrogen-bond acceptors (Lipinski definition) is 4. The monoisotopic (exact) mass is 253 g/mol. The third-order valence-electron chi connectivity index (χ3n) is 2.60. The molecular weight excluding hydrogens is 237 g/mol. The number of nitrogens with one attached hydrogen (secondary N) is 2. The molecule has 1 aromatic rings. The molecule has 0 spiro atoms. The molecule has 0 amide bonds. The third kappa shape index (κ3) is 3.12. The van der Waals surface area contributed by atoms with Gasteiger partial charge in [-0.25, -0.2) is 4.39 Å². The molecule has 0 aliphatic carbocycles. The summed E-state index contributed by atoms with van der Waals surface area (Å²) in [7, 11) is 0. The predicted octanol–water partition coefficient (Wildman–Crippen LogP) is 1.98. The topological polar surface area (TPSA) is 36.4 Å². The number of benzene rings is 1. The van der Waals surface area contributed by atoms with E-state index in [0.717, 1.165) is 23.0 Å². The Morgan fingerprint density at radius 1 is 1.59 bits per heavy atom. The van der Waals surface area contributed by atoms with Gasteiger partial charge >= 0.3 is 0 Å². The van der Waals surface area contributed by atoms with E-state index in [1.807, 2.05) is 12.3 Å². The van der Waals surface area contributed by atoms with Crippen molar-refractivity contribution in [2.45, 2.75) is 24.4 Å². The van der Waals surface area contributed by atoms with Crippen molar-refractivity contribution >= 4 is 17.7 Å². The van der Waals surface area contributed by atoms with Gasteiger partial charge in [0.15, 0.2) is 5.96 Å². The predicted molar refractivity (Wildman–Crippen MR) is 69.9 cm³/mol. The average Bonchev–Trinajstić information content (AvgIpc) is 2.73. The van der Waals surface area contributed by atoms with Crippen LogP contribution < -0.4 is 10.6 Å². The maximum atomic E-state index is 13.2. The summed E-state index contributed by atoms with van der Waals surface area (Å²) in [5, 5.41) is 6.40. The summed E-state index contributed by atoms with van der Waals surface area (Å²) in [6.07, 6.45) is 1.99. The molecule has 0 fully saturated rings. The standard InChI is InChI=1S/C12H16FN3S/c1-8-6-14-12(16-8)15-7-9-5-10(13)3-4-11(9)17-2/h3-5,8H,6-7H2,1-2H3,(H2,14,15,16). The minimum atomic E-state index is -0.200. The molecule has 2 N–H and O–H groups in total. The molecule has 1 atom stereocenters. The Kier molecular flexibility index (Phi) is 3.89. The molecule has 0 saturated heterocycles. The van der Waals surface area contributed by atoms with E-state index < -0.39 is 0 Å². The van der Waals surface area contributed by atoms with Crippen LogP contribution in [0.15, 0.2) is 28.1 Å². The van der Waals surface area contributed by atoms with Crippen molar-refractivity contribution in [1.82, 2.24) is 10.6 Å². The van der Waals surface area contributed by atoms with Crippen LogP contribution in [0.25, 0.3) is 0 Å². The van der Waals surface area contributed by atoms with E-state index in [1.54, 1.807) is 17.8 Å². The van der Waals surface area contributed by atoms with Gasteiger partial charge in [0.05, 0.1) is 6.54 Å². The molecule has 2 rings (SSSR count). The summed E-state index contributed by atoms with van der Waals surface area (Å²) in [5.74, 6) is 0.600. The number of thioether (sulfide) groups is 1. The van der Waals surface area contributed by atoms with Crippen LogP contribution in [0.2, 0.25) is 0 Å². The maximum Gasteiger partial charge on any atom is 0.191 e. The first-order valence-corrected chi connectivity index (χ1v) is 6.79. The summed E-state index contributed by atoms with van der Waals surface area (Å²) >= 11 is 1.62. The van der Waals surface area contributed by atoms with Gasteiger partial charge in [-0.3, -0.25) is 4.99 Å². The second kappa shape index (κ2) is 5.40. The zero-order chi connectivity index (χ0) is 12.3. The largest absolute Gasteiger partial charge is 0.352 e. The molecule has 5 heteroatoms. The highest BCUT2D eigenvalue weighted by molar-refractivity contribution is 7.98. The molecule has 1 aliphatic heterocycles. The van der Waals surface area contributed by atoms with Gasteiger partial charge in [0.1, 0.15) is 5.82 Å². The van der Waals surface area contributed by atoms with Crippen molar-refractivity contribution < 1.29 is 4.39 Å². The van der Waals surface area contributed by atoms with Crippen molar-refractivity contribution in [3.05, 3.63) is 29.6 Å². The molecule has 1 unspecified atom stereocenters. The molecule has 1 heterocycles. The normalized spacial score (nSPS) is 18.8. The lowest BCUT2D eigenvalue weighted by molar-refractivity contribution is 0.622. The first-order chi connectivity index (χ1) is 8.19. The van der Waals surface area contributed by atoms with Crippen LogP contribution in [0.3, 0.4) is 0 Å². The van der Waals surface area contributed by atoms with Gasteiger partial charge in [-0.15, -0.1) is 11.8 Å². The Balaban J connectivity index is 2.01. The Labute approximate surface area is 105 Å². The van der Waals surface area contributed by atoms with E-state index in [1.165, 1.54) is 6.07 Å². The molecule has 92 valence electrons. The van der Waals surface area contributed by atoms with E-state index in [0.29, 0.717) is 12.6 Å². The quantitative estimate of drug-likeness (QED) is 0.809. The number of halogens is 1. The van der Waals surface area contributed by atoms with Crippen LogP contribution >= 0.6 is 11.8 Å². The van der Waals surface area contributed by atoms with Gasteiger partial charge in [0.2, 0.25) is 0 Å². The molecular formula is C12H16FN3S. The van der Waals surface area contributed by atoms with E-state index >= 15 is 0 Å². The van der Waals surface area contributed by atoms with Gasteiger partial charge in [-0.1, -0.05) is 0 Å². The molecule has 0 bridgehead atoms. The molecule has 3 nitrogen and oxygen atoms in total. The van der Waals surface area contributed by atoms with Crippen molar-refractivity contribution in [3.8, 4) is 0 Å². The van der Waals surface area contributed by atoms with E-state index in [9.17, 15) is 4.39 Å². The van der Waals surface area contributed by atoms with Crippen LogP contribution in [0.4, 0.5) is 4.39 Å². The molecule has 0 aromatic heterocycles. The van der Waals surface area contributed by atoms with Crippen LogP contribution in [0.5, 0.6) is 0 Å². The van der Waals surface area contributed by atoms with Crippen molar-refractivity contribution in [2.75, 3.05) is 12.8 Å². The van der Waals surface area contributed by atoms with Crippen LogP contribution in [0.1, 0.15) is 12.5 Å². The summed E-state index contributed by atoms with van der Waals surface area (Å²) in [5.41, 5.74) is 0.960. The van der Waals surface area contributed by atoms with Crippen LogP contribution in [0, 0.1) is 5.82 Å². The minimum absolute atomic E-state index is 0.200. The highest BCUT2D eigenvalue weighted by Gasteiger charge is 2.12. The number of guanidine groups is 1. The van der Waals surface area contributed by atoms with E-state index in [-0.39, 0.29) is 5.82 Å². The Morgan fingerprint density at radius 2 is 2.41 bits per heavy atom. The van der Waals surface area contributed by atoms with Gasteiger partial charge in [-0.2, -0.15) is 0 Å². The summed E-state index contributed by atoms with van der Waals surface area (Å²) < 4.78 is 13.2. The van der Waals surface area contributed by atoms with E-state index in [2.05, 4.69) is 22.5 Å². The van der Waals surface area contributed by atoms with E-state index in [4.69, 9.17) is 0 Å². The third-order valence-corrected chi connectivity index (χ3v) is 3.43. The van der Waals surface area contributed by atoms with Crippen molar-refractivity contribution in [1.29, 1.82) is 0 Å². The zero-order valence-electron chi connectivity index (χ0n) is 9.96. The van der Waals surface area contributed by atoms with Gasteiger partial charge in [-0.05, 0) is 36.9 Å². The average molecular weight is 253 g/mol. The molecule has 0 radical (unpaired) electrons. The van der Waals surface area contributed by atoms with Gasteiger partial charge in [0.25, 0.3) is 0 Å². The second-order valence-electron chi connectivity index (χ2n) is 4.04. The maximum absolute atomic E-state index is 13.2. The second-order valence-corrected chi connectivity index (χ2v) is 4.89. The van der Waals surface area contributed by atoms with Crippen LogP contribution in [-0.4, -0.2) is 24.8 Å². The lowest BCUT2D eigenvalue weighted by atomic mass is 10.2. The van der Waals surface area contributed by atoms with Crippen molar-refractivity contribution in [3.63, 3.8) is 0 Å². The van der Waals surface area contributed by atoms with Gasteiger partial charge < -0.3 is 10.6 Å². The first-order valence-electron chi connectivity index (χ1n) is 5.56. The summed E-state index contributed by atoms with van der Waals surface area (Å²) in [4.78, 5) is 5.39. The fourth-order valence-corrected chi connectivity index (χ4v) is 2.32. The Morgan fingerprint density at radius 3 is 3.06 bits per heavy atom. The SMILES string of the molecule is CSc1ccc(F)cc1CNC1=NCC(C)N1. The Bertz CT molecular complexity index is 434. The fraction of sp³-hybridized carbons (Fsp3) is 0.417. The number of nitrogens with zero attached hydrogens (tertiary/aromatic N) is 1. The number of aliphatic imine (C=N–C) groups is 1. The zero-order valence-corrected chi connectivity index (χ0v) is 10.8. The fourth-order valence-electron chi connectivity index (χ4n) is 1.72. The highest BCUT2D eigenvalue weighted by Crippen LogP contribution is 2.21. The summed E-state index contributed by atoms with van der Waals surface area (Å²) in [6.45, 7) is 3.46. The summed E-state index contributed by atoms with van der Waals surface area (Å²) in [6, 6.07) is 5.24. The highest BCUT2D eigenvalue weighted by atomic mass is 32.2. The van der Waals surface area contributed by atoms with Gasteiger partial charge in [0, 0.05) is 17.5 Å². The molecule has 1 aliphatic rings. The Hall–Kier alpha value is -1.23. The number of hydrogen-bond donors (Lipinski definition) is 2. The minimum Gasteiger partial charge on any atom is -0.352 e. The molecule has 17 heavy (non-hydrogen) atoms. The van der Waals surface area contributed by atoms with Crippen LogP contribution in [-0.2, 0) is 6.54 Å². The lowest BCUT2D eigenvalue weighted by Gasteiger charge is -2.11.